The van der Waals surface area contributed by atoms with Crippen LogP contribution in [-0.2, 0) is 14.3 Å². The van der Waals surface area contributed by atoms with Crippen LogP contribution >= 0.6 is 0 Å². The second-order valence-electron chi connectivity index (χ2n) is 7.53. The van der Waals surface area contributed by atoms with E-state index in [0.29, 0.717) is 48.9 Å². The minimum Gasteiger partial charge on any atom is -0.496 e. The van der Waals surface area contributed by atoms with Gasteiger partial charge in [-0.3, -0.25) is 19.4 Å². The fourth-order valence-corrected chi connectivity index (χ4v) is 4.02. The third kappa shape index (κ3) is 4.19. The number of imide groups is 1. The van der Waals surface area contributed by atoms with Gasteiger partial charge in [0, 0.05) is 44.5 Å². The van der Waals surface area contributed by atoms with Crippen molar-refractivity contribution in [2.45, 2.75) is 0 Å². The van der Waals surface area contributed by atoms with Crippen molar-refractivity contribution >= 4 is 23.1 Å². The highest BCUT2D eigenvalue weighted by atomic mass is 16.5. The van der Waals surface area contributed by atoms with Crippen LogP contribution in [0.2, 0.25) is 0 Å². The molecule has 2 aromatic rings. The summed E-state index contributed by atoms with van der Waals surface area (Å²) in [5.41, 5.74) is 2.19. The van der Waals surface area contributed by atoms with Crippen LogP contribution in [0.3, 0.4) is 0 Å². The Balaban J connectivity index is 1.70. The number of hydrogen-bond donors (Lipinski definition) is 0. The lowest BCUT2D eigenvalue weighted by Gasteiger charge is -2.28. The number of amides is 2. The van der Waals surface area contributed by atoms with Gasteiger partial charge in [0.2, 0.25) is 0 Å². The third-order valence-electron chi connectivity index (χ3n) is 5.74. The summed E-state index contributed by atoms with van der Waals surface area (Å²) >= 11 is 0. The van der Waals surface area contributed by atoms with E-state index < -0.39 is 0 Å². The molecule has 0 bridgehead atoms. The van der Waals surface area contributed by atoms with E-state index in [2.05, 4.69) is 4.90 Å². The van der Waals surface area contributed by atoms with Crippen LogP contribution in [0.15, 0.2) is 60.3 Å². The first-order valence-electron chi connectivity index (χ1n) is 10.4. The molecular weight excluding hydrogens is 394 g/mol. The summed E-state index contributed by atoms with van der Waals surface area (Å²) in [5, 5.41) is 0. The smallest absolute Gasteiger partial charge is 0.278 e. The zero-order valence-corrected chi connectivity index (χ0v) is 17.9. The van der Waals surface area contributed by atoms with E-state index in [1.807, 2.05) is 55.6 Å². The van der Waals surface area contributed by atoms with Crippen molar-refractivity contribution in [3.05, 3.63) is 65.9 Å². The Morgan fingerprint density at radius 3 is 2.32 bits per heavy atom. The van der Waals surface area contributed by atoms with Gasteiger partial charge in [-0.25, -0.2) is 0 Å². The van der Waals surface area contributed by atoms with Crippen LogP contribution in [0, 0.1) is 0 Å². The number of rotatable bonds is 7. The average molecular weight is 421 g/mol. The molecule has 7 heteroatoms. The number of hydrogen-bond acceptors (Lipinski definition) is 6. The number of methoxy groups -OCH3 is 1. The molecule has 0 spiro atoms. The van der Waals surface area contributed by atoms with E-state index in [4.69, 9.17) is 9.47 Å². The Morgan fingerprint density at radius 2 is 1.61 bits per heavy atom. The molecule has 0 saturated carbocycles. The van der Waals surface area contributed by atoms with Crippen molar-refractivity contribution < 1.29 is 19.1 Å². The van der Waals surface area contributed by atoms with Crippen LogP contribution in [0.5, 0.6) is 5.75 Å². The van der Waals surface area contributed by atoms with E-state index in [1.165, 1.54) is 4.90 Å². The zero-order chi connectivity index (χ0) is 21.8. The number of likely N-dealkylation sites (N-methyl/N-ethyl adjacent to an activating group) is 1. The highest BCUT2D eigenvalue weighted by Crippen LogP contribution is 2.37. The number of benzene rings is 2. The van der Waals surface area contributed by atoms with E-state index >= 15 is 0 Å². The third-order valence-corrected chi connectivity index (χ3v) is 5.74. The maximum Gasteiger partial charge on any atom is 0.278 e. The van der Waals surface area contributed by atoms with Crippen LogP contribution in [-0.4, -0.2) is 75.2 Å². The molecule has 0 aromatic heterocycles. The Hall–Kier alpha value is -3.16. The number of nitrogens with zero attached hydrogens (tertiary/aromatic N) is 3. The number of morpholine rings is 1. The number of carbonyl (C=O) groups excluding carboxylic acids is 2. The number of ether oxygens (including phenoxy) is 2. The molecular formula is C24H27N3O4. The van der Waals surface area contributed by atoms with Crippen molar-refractivity contribution in [1.82, 2.24) is 9.80 Å². The lowest BCUT2D eigenvalue weighted by Crippen LogP contribution is -2.44. The van der Waals surface area contributed by atoms with Gasteiger partial charge < -0.3 is 14.4 Å². The van der Waals surface area contributed by atoms with E-state index in [0.717, 1.165) is 18.8 Å². The molecule has 2 amide bonds. The summed E-state index contributed by atoms with van der Waals surface area (Å²) in [4.78, 5) is 32.4. The van der Waals surface area contributed by atoms with Crippen LogP contribution in [0.4, 0.5) is 5.69 Å². The highest BCUT2D eigenvalue weighted by Gasteiger charge is 2.42. The molecule has 0 radical (unpaired) electrons. The molecule has 7 nitrogen and oxygen atoms in total. The minimum atomic E-state index is -0.291. The largest absolute Gasteiger partial charge is 0.496 e. The first-order valence-corrected chi connectivity index (χ1v) is 10.4. The molecule has 0 atom stereocenters. The molecule has 2 aliphatic rings. The quantitative estimate of drug-likeness (QED) is 0.639. The Bertz CT molecular complexity index is 983. The first kappa shape index (κ1) is 21.1. The molecule has 0 aliphatic carbocycles. The number of carbonyl (C=O) groups is 2. The molecule has 162 valence electrons. The number of anilines is 1. The molecule has 2 heterocycles. The average Bonchev–Trinajstić information content (AvgIpc) is 3.07. The van der Waals surface area contributed by atoms with Gasteiger partial charge in [0.1, 0.15) is 11.4 Å². The minimum absolute atomic E-state index is 0.287. The second-order valence-corrected chi connectivity index (χ2v) is 7.53. The van der Waals surface area contributed by atoms with Gasteiger partial charge in [0.15, 0.2) is 0 Å². The van der Waals surface area contributed by atoms with E-state index in [1.54, 1.807) is 18.1 Å². The van der Waals surface area contributed by atoms with Crippen LogP contribution in [0.25, 0.3) is 5.57 Å². The first-order chi connectivity index (χ1) is 15.1. The molecule has 31 heavy (non-hydrogen) atoms. The summed E-state index contributed by atoms with van der Waals surface area (Å²) < 4.78 is 10.9. The summed E-state index contributed by atoms with van der Waals surface area (Å²) in [7, 11) is 3.38. The Kier molecular flexibility index (Phi) is 6.34. The van der Waals surface area contributed by atoms with Crippen LogP contribution < -0.4 is 9.64 Å². The molecule has 2 aromatic carbocycles. The molecule has 2 aliphatic heterocycles. The van der Waals surface area contributed by atoms with Crippen molar-refractivity contribution in [1.29, 1.82) is 0 Å². The standard InChI is InChI=1S/C24H27N3O4/c1-25(18-8-4-3-5-9-18)22-21(19-10-6-7-11-20(19)30-2)23(28)27(24(22)29)13-12-26-14-16-31-17-15-26/h3-11H,12-17H2,1-2H3. The zero-order valence-electron chi connectivity index (χ0n) is 17.9. The molecule has 0 N–H and O–H groups in total. The SMILES string of the molecule is COc1ccccc1C1=C(N(C)c2ccccc2)C(=O)N(CCN2CCOCC2)C1=O. The summed E-state index contributed by atoms with van der Waals surface area (Å²) in [6.45, 7) is 3.92. The Morgan fingerprint density at radius 1 is 0.935 bits per heavy atom. The van der Waals surface area contributed by atoms with Crippen molar-refractivity contribution in [3.8, 4) is 5.75 Å². The molecule has 0 unspecified atom stereocenters. The van der Waals surface area contributed by atoms with Gasteiger partial charge >= 0.3 is 0 Å². The van der Waals surface area contributed by atoms with Gasteiger partial charge in [-0.2, -0.15) is 0 Å². The van der Waals surface area contributed by atoms with Gasteiger partial charge in [-0.1, -0.05) is 36.4 Å². The Labute approximate surface area is 182 Å². The van der Waals surface area contributed by atoms with Crippen molar-refractivity contribution in [2.75, 3.05) is 58.5 Å². The van der Waals surface area contributed by atoms with Crippen molar-refractivity contribution in [3.63, 3.8) is 0 Å². The predicted molar refractivity (Wildman–Crippen MR) is 119 cm³/mol. The lowest BCUT2D eigenvalue weighted by molar-refractivity contribution is -0.137. The fraction of sp³-hybridized carbons (Fsp3) is 0.333. The lowest BCUT2D eigenvalue weighted by atomic mass is 10.0. The van der Waals surface area contributed by atoms with Gasteiger partial charge in [0.05, 0.1) is 25.9 Å². The fourth-order valence-electron chi connectivity index (χ4n) is 4.02. The molecule has 4 rings (SSSR count). The summed E-state index contributed by atoms with van der Waals surface area (Å²) in [6, 6.07) is 16.9. The summed E-state index contributed by atoms with van der Waals surface area (Å²) in [5.74, 6) is -0.0151. The van der Waals surface area contributed by atoms with Gasteiger partial charge in [-0.15, -0.1) is 0 Å². The molecule has 1 saturated heterocycles. The van der Waals surface area contributed by atoms with Crippen molar-refractivity contribution in [2.24, 2.45) is 0 Å². The normalized spacial score (nSPS) is 17.4. The van der Waals surface area contributed by atoms with Crippen LogP contribution in [0.1, 0.15) is 5.56 Å². The maximum absolute atomic E-state index is 13.5. The topological polar surface area (TPSA) is 62.3 Å². The van der Waals surface area contributed by atoms with E-state index in [-0.39, 0.29) is 11.8 Å². The van der Waals surface area contributed by atoms with Gasteiger partial charge in [0.25, 0.3) is 11.8 Å². The monoisotopic (exact) mass is 421 g/mol. The maximum atomic E-state index is 13.5. The predicted octanol–water partition coefficient (Wildman–Crippen LogP) is 2.24. The van der Waals surface area contributed by atoms with Gasteiger partial charge in [-0.05, 0) is 18.2 Å². The van der Waals surface area contributed by atoms with E-state index in [9.17, 15) is 9.59 Å². The summed E-state index contributed by atoms with van der Waals surface area (Å²) in [6.07, 6.45) is 0. The highest BCUT2D eigenvalue weighted by molar-refractivity contribution is 6.37. The number of para-hydroxylation sites is 2. The molecule has 1 fully saturated rings. The second kappa shape index (κ2) is 9.32.